The van der Waals surface area contributed by atoms with Crippen molar-refractivity contribution in [2.24, 2.45) is 0 Å². The zero-order valence-electron chi connectivity index (χ0n) is 12.2. The molecule has 0 aliphatic heterocycles. The number of alkyl halides is 3. The molecule has 0 amide bonds. The van der Waals surface area contributed by atoms with Crippen LogP contribution in [0.1, 0.15) is 28.0 Å². The monoisotopic (exact) mass is 327 g/mol. The molecule has 0 saturated carbocycles. The number of nitrogens with zero attached hydrogens (tertiary/aromatic N) is 1. The van der Waals surface area contributed by atoms with Gasteiger partial charge in [-0.1, -0.05) is 6.07 Å². The van der Waals surface area contributed by atoms with E-state index in [2.05, 4.69) is 4.98 Å². The number of halogens is 4. The number of aryl methyl sites for hydroxylation is 1. The Morgan fingerprint density at radius 1 is 1.22 bits per heavy atom. The zero-order valence-corrected chi connectivity index (χ0v) is 12.2. The normalized spacial score (nSPS) is 11.3. The van der Waals surface area contributed by atoms with Gasteiger partial charge in [-0.15, -0.1) is 0 Å². The lowest BCUT2D eigenvalue weighted by atomic mass is 10.0. The van der Waals surface area contributed by atoms with Crippen LogP contribution in [0.2, 0.25) is 0 Å². The van der Waals surface area contributed by atoms with Crippen molar-refractivity contribution in [3.05, 3.63) is 59.2 Å². The first-order chi connectivity index (χ1) is 10.8. The number of benzene rings is 1. The van der Waals surface area contributed by atoms with E-state index in [4.69, 9.17) is 4.74 Å². The highest BCUT2D eigenvalue weighted by molar-refractivity contribution is 5.96. The van der Waals surface area contributed by atoms with Crippen molar-refractivity contribution >= 4 is 5.78 Å². The van der Waals surface area contributed by atoms with Crippen molar-refractivity contribution < 1.29 is 27.1 Å². The van der Waals surface area contributed by atoms with Crippen LogP contribution >= 0.6 is 0 Å². The van der Waals surface area contributed by atoms with Crippen LogP contribution in [-0.4, -0.2) is 17.9 Å². The Balaban J connectivity index is 2.02. The second-order valence-electron chi connectivity index (χ2n) is 4.82. The van der Waals surface area contributed by atoms with Gasteiger partial charge in [0.25, 0.3) is 0 Å². The average Bonchev–Trinajstić information content (AvgIpc) is 2.52. The van der Waals surface area contributed by atoms with Gasteiger partial charge in [0, 0.05) is 18.2 Å². The van der Waals surface area contributed by atoms with Crippen LogP contribution < -0.4 is 4.74 Å². The lowest BCUT2D eigenvalue weighted by molar-refractivity contribution is -0.141. The smallest absolute Gasteiger partial charge is 0.433 e. The van der Waals surface area contributed by atoms with Gasteiger partial charge in [-0.3, -0.25) is 9.78 Å². The third-order valence-electron chi connectivity index (χ3n) is 3.23. The minimum Gasteiger partial charge on any atom is -0.494 e. The van der Waals surface area contributed by atoms with Crippen molar-refractivity contribution in [1.29, 1.82) is 0 Å². The summed E-state index contributed by atoms with van der Waals surface area (Å²) >= 11 is 0. The number of ketones is 1. The number of hydrogen-bond donors (Lipinski definition) is 0. The van der Waals surface area contributed by atoms with Gasteiger partial charge in [0.1, 0.15) is 5.69 Å². The molecule has 1 aromatic heterocycles. The molecule has 0 saturated heterocycles. The first-order valence-electron chi connectivity index (χ1n) is 6.70. The van der Waals surface area contributed by atoms with Gasteiger partial charge >= 0.3 is 6.18 Å². The van der Waals surface area contributed by atoms with E-state index in [0.717, 1.165) is 18.3 Å². The maximum absolute atomic E-state index is 13.3. The predicted octanol–water partition coefficient (Wildman–Crippen LogP) is 4.06. The van der Waals surface area contributed by atoms with Gasteiger partial charge in [-0.2, -0.15) is 13.2 Å². The molecule has 0 aliphatic carbocycles. The molecule has 0 atom stereocenters. The Hall–Kier alpha value is -2.44. The Bertz CT molecular complexity index is 696. The molecule has 0 radical (unpaired) electrons. The Morgan fingerprint density at radius 3 is 2.52 bits per heavy atom. The van der Waals surface area contributed by atoms with Crippen molar-refractivity contribution in [3.8, 4) is 5.75 Å². The number of pyridine rings is 1. The first-order valence-corrected chi connectivity index (χ1v) is 6.70. The average molecular weight is 327 g/mol. The summed E-state index contributed by atoms with van der Waals surface area (Å²) in [4.78, 5) is 15.4. The van der Waals surface area contributed by atoms with Crippen LogP contribution in [-0.2, 0) is 12.6 Å². The summed E-state index contributed by atoms with van der Waals surface area (Å²) in [6.07, 6.45) is -3.08. The van der Waals surface area contributed by atoms with E-state index in [0.29, 0.717) is 5.56 Å². The van der Waals surface area contributed by atoms with Crippen molar-refractivity contribution in [1.82, 2.24) is 4.98 Å². The first kappa shape index (κ1) is 16.9. The molecule has 0 spiro atoms. The van der Waals surface area contributed by atoms with E-state index >= 15 is 0 Å². The van der Waals surface area contributed by atoms with Crippen LogP contribution in [0.25, 0.3) is 0 Å². The molecule has 23 heavy (non-hydrogen) atoms. The molecule has 0 N–H and O–H groups in total. The summed E-state index contributed by atoms with van der Waals surface area (Å²) in [5.41, 5.74) is -0.181. The molecular formula is C16H13F4NO2. The Kier molecular flexibility index (Phi) is 4.98. The summed E-state index contributed by atoms with van der Waals surface area (Å²) in [7, 11) is 1.29. The number of carbonyl (C=O) groups excluding carboxylic acids is 1. The molecule has 0 unspecified atom stereocenters. The number of Topliss-reactive ketones (excluding diaryl/α,β-unsaturated/α-hetero) is 1. The van der Waals surface area contributed by atoms with Crippen molar-refractivity contribution in [3.63, 3.8) is 0 Å². The third-order valence-corrected chi connectivity index (χ3v) is 3.23. The molecule has 0 bridgehead atoms. The lowest BCUT2D eigenvalue weighted by Gasteiger charge is -2.07. The van der Waals surface area contributed by atoms with E-state index in [1.165, 1.54) is 25.3 Å². The third kappa shape index (κ3) is 4.28. The Labute approximate surface area is 129 Å². The van der Waals surface area contributed by atoms with E-state index in [9.17, 15) is 22.4 Å². The van der Waals surface area contributed by atoms with Crippen LogP contribution in [0.15, 0.2) is 36.5 Å². The van der Waals surface area contributed by atoms with Gasteiger partial charge in [0.15, 0.2) is 17.3 Å². The largest absolute Gasteiger partial charge is 0.494 e. The van der Waals surface area contributed by atoms with E-state index in [-0.39, 0.29) is 29.9 Å². The molecule has 1 aromatic carbocycles. The molecule has 122 valence electrons. The molecular weight excluding hydrogens is 314 g/mol. The number of methoxy groups -OCH3 is 1. The number of ether oxygens (including phenoxy) is 1. The predicted molar refractivity (Wildman–Crippen MR) is 74.8 cm³/mol. The fraction of sp³-hybridized carbons (Fsp3) is 0.250. The highest BCUT2D eigenvalue weighted by Crippen LogP contribution is 2.27. The van der Waals surface area contributed by atoms with Crippen molar-refractivity contribution in [2.75, 3.05) is 7.11 Å². The van der Waals surface area contributed by atoms with Gasteiger partial charge in [-0.25, -0.2) is 4.39 Å². The summed E-state index contributed by atoms with van der Waals surface area (Å²) in [5.74, 6) is -0.869. The quantitative estimate of drug-likeness (QED) is 0.614. The van der Waals surface area contributed by atoms with Crippen LogP contribution in [0.3, 0.4) is 0 Å². The van der Waals surface area contributed by atoms with Gasteiger partial charge in [0.2, 0.25) is 0 Å². The lowest BCUT2D eigenvalue weighted by Crippen LogP contribution is -2.08. The number of hydrogen-bond acceptors (Lipinski definition) is 3. The minimum atomic E-state index is -4.49. The molecule has 1 heterocycles. The maximum atomic E-state index is 13.3. The summed E-state index contributed by atoms with van der Waals surface area (Å²) in [6.45, 7) is 0. The molecule has 0 fully saturated rings. The molecule has 2 rings (SSSR count). The topological polar surface area (TPSA) is 39.2 Å². The van der Waals surface area contributed by atoms with Crippen LogP contribution in [0.5, 0.6) is 5.75 Å². The highest BCUT2D eigenvalue weighted by Gasteiger charge is 2.31. The van der Waals surface area contributed by atoms with Gasteiger partial charge in [-0.05, 0) is 36.2 Å². The molecule has 3 nitrogen and oxygen atoms in total. The van der Waals surface area contributed by atoms with Crippen LogP contribution in [0, 0.1) is 5.82 Å². The fourth-order valence-corrected chi connectivity index (χ4v) is 1.98. The maximum Gasteiger partial charge on any atom is 0.433 e. The zero-order chi connectivity index (χ0) is 17.0. The fourth-order valence-electron chi connectivity index (χ4n) is 1.98. The van der Waals surface area contributed by atoms with E-state index in [1.807, 2.05) is 0 Å². The minimum absolute atomic E-state index is 0.0351. The standard InChI is InChI=1S/C16H13F4NO2/c1-23-14-8-11(4-5-12(14)17)13(22)6-2-10-3-7-15(21-9-10)16(18,19)20/h3-5,7-9H,2,6H2,1H3. The van der Waals surface area contributed by atoms with E-state index in [1.54, 1.807) is 0 Å². The second kappa shape index (κ2) is 6.76. The van der Waals surface area contributed by atoms with Crippen molar-refractivity contribution in [2.45, 2.75) is 19.0 Å². The number of rotatable bonds is 5. The van der Waals surface area contributed by atoms with Crippen LogP contribution in [0.4, 0.5) is 17.6 Å². The summed E-state index contributed by atoms with van der Waals surface area (Å²) in [6, 6.07) is 5.93. The van der Waals surface area contributed by atoms with E-state index < -0.39 is 17.7 Å². The number of aromatic nitrogens is 1. The molecule has 0 aliphatic rings. The highest BCUT2D eigenvalue weighted by atomic mass is 19.4. The number of carbonyl (C=O) groups is 1. The summed E-state index contributed by atoms with van der Waals surface area (Å²) < 4.78 is 55.3. The second-order valence-corrected chi connectivity index (χ2v) is 4.82. The summed E-state index contributed by atoms with van der Waals surface area (Å²) in [5, 5.41) is 0. The van der Waals surface area contributed by atoms with Gasteiger partial charge in [0.05, 0.1) is 7.11 Å². The van der Waals surface area contributed by atoms with Gasteiger partial charge < -0.3 is 4.74 Å². The SMILES string of the molecule is COc1cc(C(=O)CCc2ccc(C(F)(F)F)nc2)ccc1F. The molecule has 7 heteroatoms. The Morgan fingerprint density at radius 2 is 1.96 bits per heavy atom. The molecule has 2 aromatic rings.